The number of hydrogen-bond acceptors (Lipinski definition) is 2. The molecule has 2 rings (SSSR count). The highest BCUT2D eigenvalue weighted by Crippen LogP contribution is 2.29. The Balaban J connectivity index is 1.75. The van der Waals surface area contributed by atoms with E-state index in [-0.39, 0.29) is 0 Å². The van der Waals surface area contributed by atoms with Crippen molar-refractivity contribution in [2.24, 2.45) is 11.8 Å². The fraction of sp³-hybridized carbons (Fsp3) is 0.750. The average molecular weight is 265 g/mol. The molecule has 1 saturated carbocycles. The standard InChI is InChI=1S/C16H27NS/c1-12(2)9-14-5-4-6-15(10-14)17-11-16-8-7-13(3)18-16/h7-8,12,14-15,17H,4-6,9-11H2,1-3H3. The van der Waals surface area contributed by atoms with Crippen molar-refractivity contribution < 1.29 is 0 Å². The molecule has 2 atom stereocenters. The van der Waals surface area contributed by atoms with Gasteiger partial charge in [-0.05, 0) is 50.2 Å². The lowest BCUT2D eigenvalue weighted by atomic mass is 9.81. The van der Waals surface area contributed by atoms with Gasteiger partial charge in [-0.1, -0.05) is 26.7 Å². The zero-order valence-corrected chi connectivity index (χ0v) is 12.9. The fourth-order valence-corrected chi connectivity index (χ4v) is 4.02. The van der Waals surface area contributed by atoms with Crippen LogP contribution in [0, 0.1) is 18.8 Å². The fourth-order valence-electron chi connectivity index (χ4n) is 3.18. The highest BCUT2D eigenvalue weighted by Gasteiger charge is 2.22. The molecule has 2 unspecified atom stereocenters. The molecule has 1 aromatic heterocycles. The van der Waals surface area contributed by atoms with Crippen molar-refractivity contribution >= 4 is 11.3 Å². The minimum absolute atomic E-state index is 0.755. The summed E-state index contributed by atoms with van der Waals surface area (Å²) in [4.78, 5) is 2.91. The Labute approximate surface area is 116 Å². The third-order valence-corrected chi connectivity index (χ3v) is 4.95. The maximum Gasteiger partial charge on any atom is 0.0302 e. The summed E-state index contributed by atoms with van der Waals surface area (Å²) in [6.07, 6.45) is 7.05. The van der Waals surface area contributed by atoms with E-state index in [0.717, 1.165) is 24.4 Å². The van der Waals surface area contributed by atoms with Crippen LogP contribution in [-0.2, 0) is 6.54 Å². The summed E-state index contributed by atoms with van der Waals surface area (Å²) in [7, 11) is 0. The van der Waals surface area contributed by atoms with Crippen molar-refractivity contribution in [3.63, 3.8) is 0 Å². The van der Waals surface area contributed by atoms with E-state index < -0.39 is 0 Å². The van der Waals surface area contributed by atoms with Gasteiger partial charge < -0.3 is 5.32 Å². The number of aryl methyl sites for hydroxylation is 1. The zero-order valence-electron chi connectivity index (χ0n) is 12.0. The monoisotopic (exact) mass is 265 g/mol. The third-order valence-electron chi connectivity index (χ3n) is 3.95. The third kappa shape index (κ3) is 4.40. The molecule has 1 aliphatic carbocycles. The Morgan fingerprint density at radius 1 is 1.33 bits per heavy atom. The van der Waals surface area contributed by atoms with Crippen LogP contribution in [0.25, 0.3) is 0 Å². The van der Waals surface area contributed by atoms with Gasteiger partial charge in [-0.3, -0.25) is 0 Å². The van der Waals surface area contributed by atoms with Crippen molar-refractivity contribution in [3.05, 3.63) is 21.9 Å². The first-order valence-electron chi connectivity index (χ1n) is 7.42. The molecular weight excluding hydrogens is 238 g/mol. The number of thiophene rings is 1. The van der Waals surface area contributed by atoms with Crippen LogP contribution in [-0.4, -0.2) is 6.04 Å². The first kappa shape index (κ1) is 14.1. The molecule has 0 amide bonds. The van der Waals surface area contributed by atoms with E-state index in [9.17, 15) is 0 Å². The normalized spacial score (nSPS) is 24.7. The van der Waals surface area contributed by atoms with E-state index in [1.54, 1.807) is 0 Å². The molecule has 102 valence electrons. The summed E-state index contributed by atoms with van der Waals surface area (Å²) in [5.41, 5.74) is 0. The highest BCUT2D eigenvalue weighted by atomic mass is 32.1. The van der Waals surface area contributed by atoms with Gasteiger partial charge >= 0.3 is 0 Å². The molecule has 1 heterocycles. The molecule has 0 spiro atoms. The van der Waals surface area contributed by atoms with Gasteiger partial charge in [0.15, 0.2) is 0 Å². The second kappa shape index (κ2) is 6.72. The van der Waals surface area contributed by atoms with Gasteiger partial charge in [0.1, 0.15) is 0 Å². The number of nitrogens with one attached hydrogen (secondary N) is 1. The summed E-state index contributed by atoms with van der Waals surface area (Å²) >= 11 is 1.93. The summed E-state index contributed by atoms with van der Waals surface area (Å²) in [6.45, 7) is 7.96. The first-order chi connectivity index (χ1) is 8.63. The smallest absolute Gasteiger partial charge is 0.0302 e. The van der Waals surface area contributed by atoms with Crippen LogP contribution in [0.1, 0.15) is 55.7 Å². The van der Waals surface area contributed by atoms with Crippen molar-refractivity contribution in [1.29, 1.82) is 0 Å². The summed E-state index contributed by atoms with van der Waals surface area (Å²) in [6, 6.07) is 5.25. The molecule has 1 aromatic rings. The molecule has 0 bridgehead atoms. The molecule has 0 radical (unpaired) electrons. The predicted octanol–water partition coefficient (Wildman–Crippen LogP) is 4.75. The highest BCUT2D eigenvalue weighted by molar-refractivity contribution is 7.11. The van der Waals surface area contributed by atoms with Crippen LogP contribution in [0.2, 0.25) is 0 Å². The second-order valence-electron chi connectivity index (χ2n) is 6.25. The topological polar surface area (TPSA) is 12.0 Å². The number of rotatable bonds is 5. The lowest BCUT2D eigenvalue weighted by molar-refractivity contribution is 0.252. The van der Waals surface area contributed by atoms with E-state index in [1.165, 1.54) is 41.9 Å². The van der Waals surface area contributed by atoms with E-state index in [4.69, 9.17) is 0 Å². The summed E-state index contributed by atoms with van der Waals surface area (Å²) in [5, 5.41) is 3.76. The summed E-state index contributed by atoms with van der Waals surface area (Å²) < 4.78 is 0. The largest absolute Gasteiger partial charge is 0.309 e. The Kier molecular flexibility index (Phi) is 5.25. The molecule has 18 heavy (non-hydrogen) atoms. The first-order valence-corrected chi connectivity index (χ1v) is 8.24. The molecular formula is C16H27NS. The molecule has 0 aliphatic heterocycles. The van der Waals surface area contributed by atoms with Crippen molar-refractivity contribution in [2.75, 3.05) is 0 Å². The van der Waals surface area contributed by atoms with E-state index in [0.29, 0.717) is 0 Å². The van der Waals surface area contributed by atoms with Crippen LogP contribution < -0.4 is 5.32 Å². The van der Waals surface area contributed by atoms with Gasteiger partial charge in [0.05, 0.1) is 0 Å². The van der Waals surface area contributed by atoms with Crippen molar-refractivity contribution in [1.82, 2.24) is 5.32 Å². The zero-order chi connectivity index (χ0) is 13.0. The van der Waals surface area contributed by atoms with E-state index >= 15 is 0 Å². The van der Waals surface area contributed by atoms with Gasteiger partial charge in [0.25, 0.3) is 0 Å². The van der Waals surface area contributed by atoms with Crippen LogP contribution in [0.4, 0.5) is 0 Å². The van der Waals surface area contributed by atoms with Gasteiger partial charge in [-0.15, -0.1) is 11.3 Å². The van der Waals surface area contributed by atoms with Gasteiger partial charge in [-0.2, -0.15) is 0 Å². The van der Waals surface area contributed by atoms with Crippen LogP contribution in [0.3, 0.4) is 0 Å². The van der Waals surface area contributed by atoms with Gasteiger partial charge in [0, 0.05) is 22.3 Å². The quantitative estimate of drug-likeness (QED) is 0.810. The Bertz CT molecular complexity index is 356. The lowest BCUT2D eigenvalue weighted by Crippen LogP contribution is -2.33. The Morgan fingerprint density at radius 3 is 2.83 bits per heavy atom. The van der Waals surface area contributed by atoms with E-state index in [1.807, 2.05) is 11.3 Å². The number of hydrogen-bond donors (Lipinski definition) is 1. The minimum atomic E-state index is 0.755. The Morgan fingerprint density at radius 2 is 2.17 bits per heavy atom. The molecule has 0 aromatic carbocycles. The lowest BCUT2D eigenvalue weighted by Gasteiger charge is -2.30. The SMILES string of the molecule is Cc1ccc(CNC2CCCC(CC(C)C)C2)s1. The predicted molar refractivity (Wildman–Crippen MR) is 81.1 cm³/mol. The van der Waals surface area contributed by atoms with Crippen molar-refractivity contribution in [2.45, 2.75) is 65.5 Å². The summed E-state index contributed by atoms with van der Waals surface area (Å²) in [5.74, 6) is 1.81. The molecule has 1 aliphatic rings. The van der Waals surface area contributed by atoms with Crippen LogP contribution in [0.15, 0.2) is 12.1 Å². The average Bonchev–Trinajstić information content (AvgIpc) is 2.72. The maximum absolute atomic E-state index is 3.76. The molecule has 1 fully saturated rings. The van der Waals surface area contributed by atoms with Gasteiger partial charge in [-0.25, -0.2) is 0 Å². The van der Waals surface area contributed by atoms with Crippen LogP contribution in [0.5, 0.6) is 0 Å². The minimum Gasteiger partial charge on any atom is -0.309 e. The van der Waals surface area contributed by atoms with Crippen molar-refractivity contribution in [3.8, 4) is 0 Å². The molecule has 1 N–H and O–H groups in total. The second-order valence-corrected chi connectivity index (χ2v) is 7.62. The molecule has 2 heteroatoms. The van der Waals surface area contributed by atoms with Crippen LogP contribution >= 0.6 is 11.3 Å². The maximum atomic E-state index is 3.76. The van der Waals surface area contributed by atoms with Gasteiger partial charge in [0.2, 0.25) is 0 Å². The van der Waals surface area contributed by atoms with E-state index in [2.05, 4.69) is 38.2 Å². The Hall–Kier alpha value is -0.340. The molecule has 1 nitrogen and oxygen atoms in total. The molecule has 0 saturated heterocycles.